The van der Waals surface area contributed by atoms with Gasteiger partial charge in [-0.25, -0.2) is 0 Å². The zero-order valence-electron chi connectivity index (χ0n) is 12.0. The first-order valence-electron chi connectivity index (χ1n) is 7.05. The fourth-order valence-electron chi connectivity index (χ4n) is 1.94. The second-order valence-corrected chi connectivity index (χ2v) is 5.25. The van der Waals surface area contributed by atoms with Gasteiger partial charge in [0.05, 0.1) is 0 Å². The van der Waals surface area contributed by atoms with Gasteiger partial charge in [-0.05, 0) is 48.4 Å². The Balaban J connectivity index is 1.91. The van der Waals surface area contributed by atoms with Crippen molar-refractivity contribution in [3.63, 3.8) is 0 Å². The van der Waals surface area contributed by atoms with Gasteiger partial charge in [0.1, 0.15) is 0 Å². The first-order valence-corrected chi connectivity index (χ1v) is 7.43. The minimum absolute atomic E-state index is 0.0861. The summed E-state index contributed by atoms with van der Waals surface area (Å²) in [5, 5.41) is 6.84. The Bertz CT molecular complexity index is 596. The van der Waals surface area contributed by atoms with E-state index in [1.165, 1.54) is 0 Å². The molecule has 0 aliphatic carbocycles. The van der Waals surface area contributed by atoms with E-state index in [9.17, 15) is 4.79 Å². The van der Waals surface area contributed by atoms with E-state index < -0.39 is 0 Å². The van der Waals surface area contributed by atoms with Gasteiger partial charge in [-0.15, -0.1) is 0 Å². The lowest BCUT2D eigenvalue weighted by Crippen LogP contribution is -2.22. The maximum atomic E-state index is 12.1. The number of carbonyl (C=O) groups is 1. The van der Waals surface area contributed by atoms with Gasteiger partial charge in [0.2, 0.25) is 0 Å². The third-order valence-corrected chi connectivity index (χ3v) is 3.30. The smallest absolute Gasteiger partial charge is 0.251 e. The summed E-state index contributed by atoms with van der Waals surface area (Å²) in [6, 6.07) is 15.0. The average Bonchev–Trinajstić information content (AvgIpc) is 2.51. The van der Waals surface area contributed by atoms with Crippen molar-refractivity contribution in [2.75, 3.05) is 11.9 Å². The lowest BCUT2D eigenvalue weighted by molar-refractivity contribution is 0.0951. The number of carbonyl (C=O) groups excluding carboxylic acids is 1. The van der Waals surface area contributed by atoms with Crippen LogP contribution in [0.5, 0.6) is 0 Å². The third kappa shape index (κ3) is 4.80. The van der Waals surface area contributed by atoms with Crippen molar-refractivity contribution in [2.24, 2.45) is 0 Å². The van der Waals surface area contributed by atoms with E-state index in [0.29, 0.717) is 17.1 Å². The van der Waals surface area contributed by atoms with Crippen LogP contribution in [0.15, 0.2) is 48.5 Å². The summed E-state index contributed by atoms with van der Waals surface area (Å²) in [4.78, 5) is 12.1. The molecule has 3 nitrogen and oxygen atoms in total. The Kier molecular flexibility index (Phi) is 5.64. The van der Waals surface area contributed by atoms with Crippen molar-refractivity contribution in [1.82, 2.24) is 5.32 Å². The van der Waals surface area contributed by atoms with Crippen molar-refractivity contribution < 1.29 is 4.79 Å². The molecule has 0 bridgehead atoms. The van der Waals surface area contributed by atoms with Gasteiger partial charge < -0.3 is 10.6 Å². The summed E-state index contributed by atoms with van der Waals surface area (Å²) in [5.74, 6) is -0.0861. The number of anilines is 1. The molecule has 0 saturated heterocycles. The number of nitrogens with one attached hydrogen (secondary N) is 2. The summed E-state index contributed by atoms with van der Waals surface area (Å²) in [5.41, 5.74) is 2.67. The summed E-state index contributed by atoms with van der Waals surface area (Å²) in [6.07, 6.45) is 1.07. The highest BCUT2D eigenvalue weighted by Gasteiger charge is 2.05. The van der Waals surface area contributed by atoms with Crippen molar-refractivity contribution in [2.45, 2.75) is 19.9 Å². The molecule has 110 valence electrons. The van der Waals surface area contributed by atoms with Crippen molar-refractivity contribution in [3.8, 4) is 0 Å². The third-order valence-electron chi connectivity index (χ3n) is 3.07. The van der Waals surface area contributed by atoms with Gasteiger partial charge in [-0.3, -0.25) is 4.79 Å². The van der Waals surface area contributed by atoms with Gasteiger partial charge in [-0.1, -0.05) is 30.7 Å². The highest BCUT2D eigenvalue weighted by molar-refractivity contribution is 6.30. The highest BCUT2D eigenvalue weighted by atomic mass is 35.5. The minimum Gasteiger partial charge on any atom is -0.385 e. The van der Waals surface area contributed by atoms with Crippen LogP contribution in [0.4, 0.5) is 5.69 Å². The van der Waals surface area contributed by atoms with Gasteiger partial charge in [-0.2, -0.15) is 0 Å². The predicted octanol–water partition coefficient (Wildman–Crippen LogP) is 4.09. The van der Waals surface area contributed by atoms with Crippen LogP contribution < -0.4 is 10.6 Å². The summed E-state index contributed by atoms with van der Waals surface area (Å²) in [7, 11) is 0. The molecule has 2 aromatic carbocycles. The molecule has 0 aliphatic heterocycles. The normalized spacial score (nSPS) is 10.2. The minimum atomic E-state index is -0.0861. The highest BCUT2D eigenvalue weighted by Crippen LogP contribution is 2.12. The van der Waals surface area contributed by atoms with Crippen LogP contribution >= 0.6 is 11.6 Å². The van der Waals surface area contributed by atoms with Gasteiger partial charge in [0.15, 0.2) is 0 Å². The van der Waals surface area contributed by atoms with Crippen molar-refractivity contribution >= 4 is 23.2 Å². The van der Waals surface area contributed by atoms with Crippen LogP contribution in [0.25, 0.3) is 0 Å². The Hall–Kier alpha value is -2.00. The molecule has 0 spiro atoms. The maximum absolute atomic E-state index is 12.1. The van der Waals surface area contributed by atoms with Crippen LogP contribution in [0.1, 0.15) is 29.3 Å². The Morgan fingerprint density at radius 1 is 1.14 bits per heavy atom. The second kappa shape index (κ2) is 7.70. The molecule has 0 aromatic heterocycles. The van der Waals surface area contributed by atoms with E-state index in [1.807, 2.05) is 48.5 Å². The monoisotopic (exact) mass is 302 g/mol. The SMILES string of the molecule is CCCNc1ccc(C(=O)NCc2cccc(Cl)c2)cc1. The predicted molar refractivity (Wildman–Crippen MR) is 87.8 cm³/mol. The molecule has 0 atom stereocenters. The molecule has 4 heteroatoms. The lowest BCUT2D eigenvalue weighted by Gasteiger charge is -2.08. The maximum Gasteiger partial charge on any atom is 0.251 e. The number of benzene rings is 2. The summed E-state index contributed by atoms with van der Waals surface area (Å²) >= 11 is 5.92. The van der Waals surface area contributed by atoms with Gasteiger partial charge >= 0.3 is 0 Å². The number of halogens is 1. The van der Waals surface area contributed by atoms with Gasteiger partial charge in [0, 0.05) is 29.4 Å². The van der Waals surface area contributed by atoms with E-state index in [1.54, 1.807) is 0 Å². The number of rotatable bonds is 6. The van der Waals surface area contributed by atoms with Crippen molar-refractivity contribution in [1.29, 1.82) is 0 Å². The molecule has 1 amide bonds. The summed E-state index contributed by atoms with van der Waals surface area (Å²) in [6.45, 7) is 3.51. The van der Waals surface area contributed by atoms with Gasteiger partial charge in [0.25, 0.3) is 5.91 Å². The zero-order valence-corrected chi connectivity index (χ0v) is 12.8. The first kappa shape index (κ1) is 15.4. The lowest BCUT2D eigenvalue weighted by atomic mass is 10.1. The molecule has 0 unspecified atom stereocenters. The molecule has 0 fully saturated rings. The summed E-state index contributed by atoms with van der Waals surface area (Å²) < 4.78 is 0. The number of hydrogen-bond acceptors (Lipinski definition) is 2. The number of hydrogen-bond donors (Lipinski definition) is 2. The van der Waals surface area contributed by atoms with Crippen LogP contribution in [0, 0.1) is 0 Å². The molecule has 0 radical (unpaired) electrons. The molecule has 0 saturated carbocycles. The van der Waals surface area contributed by atoms with Crippen molar-refractivity contribution in [3.05, 3.63) is 64.7 Å². The van der Waals surface area contributed by atoms with E-state index in [0.717, 1.165) is 24.2 Å². The zero-order chi connectivity index (χ0) is 15.1. The van der Waals surface area contributed by atoms with Crippen LogP contribution in [-0.4, -0.2) is 12.5 Å². The fourth-order valence-corrected chi connectivity index (χ4v) is 2.15. The average molecular weight is 303 g/mol. The van der Waals surface area contributed by atoms with Crippen LogP contribution in [0.2, 0.25) is 5.02 Å². The molecule has 0 heterocycles. The quantitative estimate of drug-likeness (QED) is 0.844. The molecule has 2 rings (SSSR count). The Morgan fingerprint density at radius 2 is 1.90 bits per heavy atom. The topological polar surface area (TPSA) is 41.1 Å². The second-order valence-electron chi connectivity index (χ2n) is 4.82. The standard InChI is InChI=1S/C17H19ClN2O/c1-2-10-19-16-8-6-14(7-9-16)17(21)20-12-13-4-3-5-15(18)11-13/h3-9,11,19H,2,10,12H2,1H3,(H,20,21). The largest absolute Gasteiger partial charge is 0.385 e. The molecule has 2 N–H and O–H groups in total. The molecule has 2 aromatic rings. The van der Waals surface area contributed by atoms with E-state index in [2.05, 4.69) is 17.6 Å². The molecule has 21 heavy (non-hydrogen) atoms. The Morgan fingerprint density at radius 3 is 2.57 bits per heavy atom. The fraction of sp³-hybridized carbons (Fsp3) is 0.235. The van der Waals surface area contributed by atoms with Crippen LogP contribution in [-0.2, 0) is 6.54 Å². The molecular weight excluding hydrogens is 284 g/mol. The van der Waals surface area contributed by atoms with Crippen LogP contribution in [0.3, 0.4) is 0 Å². The first-order chi connectivity index (χ1) is 10.2. The van der Waals surface area contributed by atoms with E-state index in [-0.39, 0.29) is 5.91 Å². The van der Waals surface area contributed by atoms with E-state index >= 15 is 0 Å². The number of amides is 1. The molecule has 0 aliphatic rings. The van der Waals surface area contributed by atoms with E-state index in [4.69, 9.17) is 11.6 Å². The Labute approximate surface area is 130 Å². The molecular formula is C17H19ClN2O.